The number of benzene rings is 1. The van der Waals surface area contributed by atoms with Crippen molar-refractivity contribution in [3.8, 4) is 11.1 Å². The summed E-state index contributed by atoms with van der Waals surface area (Å²) < 4.78 is 0. The number of carbonyl (C=O) groups excluding carboxylic acids is 1. The number of aromatic nitrogens is 1. The molecule has 1 aromatic carbocycles. The van der Waals surface area contributed by atoms with Crippen LogP contribution in [-0.4, -0.2) is 16.1 Å². The average Bonchev–Trinajstić information content (AvgIpc) is 2.66. The lowest BCUT2D eigenvalue weighted by Gasteiger charge is -2.03. The number of pyridine rings is 1. The van der Waals surface area contributed by atoms with E-state index < -0.39 is 5.38 Å². The molecule has 1 atom stereocenters. The number of hydrogen-bond donors (Lipinski definition) is 0. The van der Waals surface area contributed by atoms with Crippen LogP contribution in [0.25, 0.3) is 11.1 Å². The van der Waals surface area contributed by atoms with E-state index in [0.29, 0.717) is 6.42 Å². The van der Waals surface area contributed by atoms with Crippen molar-refractivity contribution < 1.29 is 4.79 Å². The molecule has 3 heteroatoms. The number of alkyl halides is 1. The molecule has 0 aliphatic heterocycles. The highest BCUT2D eigenvalue weighted by molar-refractivity contribution is 6.35. The predicted molar refractivity (Wildman–Crippen MR) is 67.3 cm³/mol. The predicted octanol–water partition coefficient (Wildman–Crippen LogP) is 3.09. The second-order valence-corrected chi connectivity index (χ2v) is 4.68. The van der Waals surface area contributed by atoms with E-state index in [-0.39, 0.29) is 5.78 Å². The molecule has 2 nitrogen and oxygen atoms in total. The smallest absolute Gasteiger partial charge is 0.181 e. The Labute approximate surface area is 104 Å². The number of halogens is 1. The van der Waals surface area contributed by atoms with Crippen LogP contribution in [0.15, 0.2) is 42.7 Å². The largest absolute Gasteiger partial charge is 0.292 e. The zero-order valence-electron chi connectivity index (χ0n) is 9.06. The van der Waals surface area contributed by atoms with Gasteiger partial charge in [0.1, 0.15) is 5.38 Å². The summed E-state index contributed by atoms with van der Waals surface area (Å²) >= 11 is 5.96. The van der Waals surface area contributed by atoms with Gasteiger partial charge in [0.15, 0.2) is 5.78 Å². The first kappa shape index (κ1) is 10.5. The van der Waals surface area contributed by atoms with Crippen molar-refractivity contribution >= 4 is 17.4 Å². The number of nitrogens with zero attached hydrogens (tertiary/aromatic N) is 1. The molecule has 2 aromatic rings. The molecule has 0 radical (unpaired) electrons. The number of fused-ring (bicyclic) bond motifs is 1. The number of Topliss-reactive ketones (excluding diaryl/α,β-unsaturated/α-hetero) is 1. The minimum absolute atomic E-state index is 0.0411. The molecular formula is C14H10ClNO. The van der Waals surface area contributed by atoms with Gasteiger partial charge in [0.25, 0.3) is 0 Å². The van der Waals surface area contributed by atoms with Gasteiger partial charge in [-0.05, 0) is 29.2 Å². The quantitative estimate of drug-likeness (QED) is 0.721. The Morgan fingerprint density at radius 2 is 2.12 bits per heavy atom. The molecule has 0 spiro atoms. The Balaban J connectivity index is 2.07. The SMILES string of the molecule is O=C1c2ccc(-c3cccnc3)cc2CC1Cl. The molecule has 0 amide bonds. The number of rotatable bonds is 1. The maximum Gasteiger partial charge on any atom is 0.181 e. The van der Waals surface area contributed by atoms with Gasteiger partial charge in [-0.2, -0.15) is 0 Å². The zero-order chi connectivity index (χ0) is 11.8. The summed E-state index contributed by atoms with van der Waals surface area (Å²) in [5, 5.41) is -0.394. The van der Waals surface area contributed by atoms with Crippen LogP contribution in [0.2, 0.25) is 0 Å². The van der Waals surface area contributed by atoms with E-state index in [2.05, 4.69) is 4.98 Å². The van der Waals surface area contributed by atoms with Crippen molar-refractivity contribution in [3.63, 3.8) is 0 Å². The van der Waals surface area contributed by atoms with Crippen LogP contribution in [0.5, 0.6) is 0 Å². The van der Waals surface area contributed by atoms with Gasteiger partial charge in [-0.1, -0.05) is 24.3 Å². The third-order valence-corrected chi connectivity index (χ3v) is 3.40. The van der Waals surface area contributed by atoms with Crippen LogP contribution in [0.1, 0.15) is 15.9 Å². The van der Waals surface area contributed by atoms with E-state index >= 15 is 0 Å². The molecule has 0 fully saturated rings. The third kappa shape index (κ3) is 1.75. The van der Waals surface area contributed by atoms with Gasteiger partial charge >= 0.3 is 0 Å². The number of carbonyl (C=O) groups is 1. The molecule has 17 heavy (non-hydrogen) atoms. The van der Waals surface area contributed by atoms with Gasteiger partial charge in [0, 0.05) is 18.0 Å². The van der Waals surface area contributed by atoms with Gasteiger partial charge in [0.2, 0.25) is 0 Å². The fourth-order valence-electron chi connectivity index (χ4n) is 2.17. The molecule has 3 rings (SSSR count). The van der Waals surface area contributed by atoms with E-state index in [4.69, 9.17) is 11.6 Å². The third-order valence-electron chi connectivity index (χ3n) is 3.05. The van der Waals surface area contributed by atoms with Gasteiger partial charge in [-0.15, -0.1) is 11.6 Å². The zero-order valence-corrected chi connectivity index (χ0v) is 9.82. The Kier molecular flexibility index (Phi) is 2.45. The highest BCUT2D eigenvalue weighted by atomic mass is 35.5. The lowest BCUT2D eigenvalue weighted by molar-refractivity contribution is 0.0998. The molecule has 1 heterocycles. The van der Waals surface area contributed by atoms with E-state index in [0.717, 1.165) is 22.3 Å². The summed E-state index contributed by atoms with van der Waals surface area (Å²) in [6, 6.07) is 9.75. The minimum Gasteiger partial charge on any atom is -0.292 e. The van der Waals surface area contributed by atoms with Crippen molar-refractivity contribution in [2.75, 3.05) is 0 Å². The van der Waals surface area contributed by atoms with Crippen LogP contribution in [0, 0.1) is 0 Å². The first-order valence-electron chi connectivity index (χ1n) is 5.47. The second kappa shape index (κ2) is 3.97. The first-order valence-corrected chi connectivity index (χ1v) is 5.91. The summed E-state index contributed by atoms with van der Waals surface area (Å²) in [5.74, 6) is 0.0411. The van der Waals surface area contributed by atoms with Crippen LogP contribution in [-0.2, 0) is 6.42 Å². The monoisotopic (exact) mass is 243 g/mol. The summed E-state index contributed by atoms with van der Waals surface area (Å²) in [6.07, 6.45) is 4.19. The first-order chi connectivity index (χ1) is 8.25. The van der Waals surface area contributed by atoms with Crippen molar-refractivity contribution in [2.45, 2.75) is 11.8 Å². The molecule has 1 aliphatic carbocycles. The van der Waals surface area contributed by atoms with E-state index in [1.807, 2.05) is 36.5 Å². The lowest BCUT2D eigenvalue weighted by atomic mass is 10.0. The molecule has 0 N–H and O–H groups in total. The van der Waals surface area contributed by atoms with Gasteiger partial charge in [-0.25, -0.2) is 0 Å². The lowest BCUT2D eigenvalue weighted by Crippen LogP contribution is -2.06. The van der Waals surface area contributed by atoms with Crippen molar-refractivity contribution in [2.24, 2.45) is 0 Å². The van der Waals surface area contributed by atoms with Crippen LogP contribution in [0.3, 0.4) is 0 Å². The van der Waals surface area contributed by atoms with E-state index in [1.165, 1.54) is 0 Å². The van der Waals surface area contributed by atoms with Crippen molar-refractivity contribution in [1.82, 2.24) is 4.98 Å². The Bertz CT molecular complexity index is 580. The van der Waals surface area contributed by atoms with Gasteiger partial charge in [-0.3, -0.25) is 9.78 Å². The molecule has 1 unspecified atom stereocenters. The molecule has 0 bridgehead atoms. The van der Waals surface area contributed by atoms with Crippen LogP contribution in [0.4, 0.5) is 0 Å². The Morgan fingerprint density at radius 3 is 2.88 bits per heavy atom. The maximum atomic E-state index is 11.7. The number of ketones is 1. The molecule has 0 saturated carbocycles. The molecule has 1 aliphatic rings. The van der Waals surface area contributed by atoms with Crippen LogP contribution >= 0.6 is 11.6 Å². The molecule has 0 saturated heterocycles. The summed E-state index contributed by atoms with van der Waals surface area (Å²) in [5.41, 5.74) is 3.94. The van der Waals surface area contributed by atoms with Gasteiger partial charge < -0.3 is 0 Å². The summed E-state index contributed by atoms with van der Waals surface area (Å²) in [7, 11) is 0. The van der Waals surface area contributed by atoms with E-state index in [9.17, 15) is 4.79 Å². The highest BCUT2D eigenvalue weighted by Gasteiger charge is 2.28. The standard InChI is InChI=1S/C14H10ClNO/c15-13-7-11-6-9(3-4-12(11)14(13)17)10-2-1-5-16-8-10/h1-6,8,13H,7H2. The fourth-order valence-corrected chi connectivity index (χ4v) is 2.45. The van der Waals surface area contributed by atoms with Gasteiger partial charge in [0.05, 0.1) is 0 Å². The summed E-state index contributed by atoms with van der Waals surface area (Å²) in [6.45, 7) is 0. The van der Waals surface area contributed by atoms with Crippen molar-refractivity contribution in [1.29, 1.82) is 0 Å². The molecule has 1 aromatic heterocycles. The average molecular weight is 244 g/mol. The maximum absolute atomic E-state index is 11.7. The van der Waals surface area contributed by atoms with Crippen molar-refractivity contribution in [3.05, 3.63) is 53.9 Å². The van der Waals surface area contributed by atoms with E-state index in [1.54, 1.807) is 6.20 Å². The topological polar surface area (TPSA) is 30.0 Å². The second-order valence-electron chi connectivity index (χ2n) is 4.15. The highest BCUT2D eigenvalue weighted by Crippen LogP contribution is 2.29. The Morgan fingerprint density at radius 1 is 1.24 bits per heavy atom. The molecule has 84 valence electrons. The normalized spacial score (nSPS) is 18.2. The summed E-state index contributed by atoms with van der Waals surface area (Å²) in [4.78, 5) is 15.8. The number of hydrogen-bond acceptors (Lipinski definition) is 2. The Hall–Kier alpha value is -1.67. The van der Waals surface area contributed by atoms with Crippen LogP contribution < -0.4 is 0 Å². The molecular weight excluding hydrogens is 234 g/mol. The fraction of sp³-hybridized carbons (Fsp3) is 0.143. The minimum atomic E-state index is -0.394.